The van der Waals surface area contributed by atoms with E-state index in [2.05, 4.69) is 0 Å². The van der Waals surface area contributed by atoms with E-state index < -0.39 is 12.4 Å². The Hall–Kier alpha value is 0.471. The van der Waals surface area contributed by atoms with Crippen molar-refractivity contribution >= 4 is 12.4 Å². The first-order chi connectivity index (χ1) is 8.05. The van der Waals surface area contributed by atoms with Crippen LogP contribution in [0.25, 0.3) is 0 Å². The zero-order valence-electron chi connectivity index (χ0n) is 10.2. The van der Waals surface area contributed by atoms with E-state index in [1.54, 1.807) is 0 Å². The van der Waals surface area contributed by atoms with E-state index in [9.17, 15) is 12.9 Å². The zero-order chi connectivity index (χ0) is 12.3. The Morgan fingerprint density at radius 2 is 1.89 bits per heavy atom. The van der Waals surface area contributed by atoms with Gasteiger partial charge in [0, 0.05) is 12.5 Å². The van der Waals surface area contributed by atoms with Crippen LogP contribution in [0.5, 0.6) is 5.75 Å². The molecule has 0 radical (unpaired) electrons. The number of hydrogen-bond donors (Lipinski definition) is 0. The summed E-state index contributed by atoms with van der Waals surface area (Å²) in [6, 6.07) is 4.84. The third-order valence-electron chi connectivity index (χ3n) is 2.77. The van der Waals surface area contributed by atoms with Crippen molar-refractivity contribution in [2.24, 2.45) is 5.92 Å². The molecule has 2 nitrogen and oxygen atoms in total. The topological polar surface area (TPSA) is 18.5 Å². The summed E-state index contributed by atoms with van der Waals surface area (Å²) in [5, 5.41) is 0. The van der Waals surface area contributed by atoms with Crippen LogP contribution in [0.4, 0.5) is 12.9 Å². The summed E-state index contributed by atoms with van der Waals surface area (Å²) in [7, 11) is 0. The zero-order valence-corrected chi connectivity index (χ0v) is 13.4. The van der Waals surface area contributed by atoms with Gasteiger partial charge < -0.3 is 22.4 Å². The van der Waals surface area contributed by atoms with Crippen molar-refractivity contribution < 1.29 is 73.8 Å². The molecule has 1 fully saturated rings. The molecule has 1 aliphatic rings. The maximum atomic E-state index is 12.4. The Balaban J connectivity index is 0.00000162. The van der Waals surface area contributed by atoms with Crippen molar-refractivity contribution in [1.82, 2.24) is 0 Å². The fourth-order valence-corrected chi connectivity index (χ4v) is 1.71. The molecule has 0 aliphatic carbocycles. The summed E-state index contributed by atoms with van der Waals surface area (Å²) < 4.78 is 47.7. The third-order valence-corrected chi connectivity index (χ3v) is 2.77. The molecule has 1 atom stereocenters. The molecule has 1 aromatic rings. The van der Waals surface area contributed by atoms with Gasteiger partial charge in [0.25, 0.3) is 0 Å². The Bertz CT molecular complexity index is 364. The van der Waals surface area contributed by atoms with Gasteiger partial charge in [0.15, 0.2) is 0 Å². The van der Waals surface area contributed by atoms with Crippen molar-refractivity contribution in [2.45, 2.75) is 6.42 Å². The molecule has 1 heterocycles. The van der Waals surface area contributed by atoms with E-state index in [4.69, 9.17) is 9.47 Å². The molecule has 1 saturated heterocycles. The summed E-state index contributed by atoms with van der Waals surface area (Å²) in [5.74, 6) is 0.821. The molecule has 1 aliphatic heterocycles. The second-order valence-electron chi connectivity index (χ2n) is 4.18. The second-order valence-corrected chi connectivity index (χ2v) is 4.18. The van der Waals surface area contributed by atoms with Gasteiger partial charge in [-0.1, -0.05) is 12.1 Å². The molecular weight excluding hydrogens is 271 g/mol. The molecule has 0 N–H and O–H groups in total. The standard InChI is InChI=1S/C11H13BF3O2.K/c13-12(14,15)10-1-3-11(4-2-10)17-8-9-5-6-16-7-9;/h1-4,9H,5-8H2;/q-1;+1. The fourth-order valence-electron chi connectivity index (χ4n) is 1.71. The molecule has 7 heteroatoms. The Morgan fingerprint density at radius 3 is 2.39 bits per heavy atom. The Kier molecular flexibility index (Phi) is 6.71. The third kappa shape index (κ3) is 4.86. The van der Waals surface area contributed by atoms with E-state index in [-0.39, 0.29) is 51.4 Å². The monoisotopic (exact) mass is 284 g/mol. The van der Waals surface area contributed by atoms with Gasteiger partial charge in [0.05, 0.1) is 13.2 Å². The van der Waals surface area contributed by atoms with Crippen LogP contribution in [0.1, 0.15) is 6.42 Å². The number of hydrogen-bond acceptors (Lipinski definition) is 2. The van der Waals surface area contributed by atoms with Gasteiger partial charge in [-0.05, 0) is 18.6 Å². The second kappa shape index (κ2) is 7.31. The Morgan fingerprint density at radius 1 is 1.22 bits per heavy atom. The van der Waals surface area contributed by atoms with Crippen LogP contribution in [0.2, 0.25) is 0 Å². The molecule has 18 heavy (non-hydrogen) atoms. The van der Waals surface area contributed by atoms with Gasteiger partial charge in [0.2, 0.25) is 0 Å². The molecule has 0 aromatic heterocycles. The summed E-state index contributed by atoms with van der Waals surface area (Å²) in [4.78, 5) is 0. The minimum Gasteiger partial charge on any atom is -0.493 e. The van der Waals surface area contributed by atoms with Crippen LogP contribution in [0.3, 0.4) is 0 Å². The normalized spacial score (nSPS) is 19.4. The van der Waals surface area contributed by atoms with E-state index in [0.29, 0.717) is 24.9 Å². The molecule has 2 rings (SSSR count). The van der Waals surface area contributed by atoms with E-state index in [1.165, 1.54) is 12.1 Å². The maximum Gasteiger partial charge on any atom is 1.00 e. The Labute approximate surface area is 147 Å². The number of ether oxygens (including phenoxy) is 2. The largest absolute Gasteiger partial charge is 1.00 e. The SMILES string of the molecule is F[B-](F)(F)c1ccc(OCC2CCOC2)cc1.[K+]. The van der Waals surface area contributed by atoms with Crippen molar-refractivity contribution in [3.8, 4) is 5.75 Å². The molecule has 0 amide bonds. The smallest absolute Gasteiger partial charge is 0.493 e. The van der Waals surface area contributed by atoms with Gasteiger partial charge in [-0.15, -0.1) is 5.46 Å². The van der Waals surface area contributed by atoms with Crippen molar-refractivity contribution in [1.29, 1.82) is 0 Å². The van der Waals surface area contributed by atoms with Crippen molar-refractivity contribution in [3.05, 3.63) is 24.3 Å². The molecule has 94 valence electrons. The van der Waals surface area contributed by atoms with Crippen LogP contribution in [0, 0.1) is 5.92 Å². The average Bonchev–Trinajstić information content (AvgIpc) is 2.78. The molecule has 0 spiro atoms. The van der Waals surface area contributed by atoms with Gasteiger partial charge in [-0.3, -0.25) is 0 Å². The molecular formula is C11H13BF3KO2. The summed E-state index contributed by atoms with van der Waals surface area (Å²) in [5.41, 5.74) is -0.596. The first-order valence-electron chi connectivity index (χ1n) is 5.56. The molecule has 0 saturated carbocycles. The first kappa shape index (κ1) is 16.5. The number of benzene rings is 1. The van der Waals surface area contributed by atoms with E-state index in [0.717, 1.165) is 25.2 Å². The van der Waals surface area contributed by atoms with Gasteiger partial charge in [-0.2, -0.15) is 0 Å². The summed E-state index contributed by atoms with van der Waals surface area (Å²) in [6.45, 7) is -3.01. The van der Waals surface area contributed by atoms with Gasteiger partial charge in [-0.25, -0.2) is 0 Å². The molecule has 1 unspecified atom stereocenters. The predicted octanol–water partition coefficient (Wildman–Crippen LogP) is -0.840. The number of halogens is 3. The van der Waals surface area contributed by atoms with Crippen LogP contribution < -0.4 is 61.6 Å². The van der Waals surface area contributed by atoms with Gasteiger partial charge in [0.1, 0.15) is 5.75 Å². The summed E-state index contributed by atoms with van der Waals surface area (Å²) in [6.07, 6.45) is 0.948. The van der Waals surface area contributed by atoms with Crippen LogP contribution >= 0.6 is 0 Å². The maximum absolute atomic E-state index is 12.4. The van der Waals surface area contributed by atoms with Gasteiger partial charge >= 0.3 is 58.4 Å². The van der Waals surface area contributed by atoms with Crippen molar-refractivity contribution in [2.75, 3.05) is 19.8 Å². The average molecular weight is 284 g/mol. The van der Waals surface area contributed by atoms with E-state index in [1.807, 2.05) is 0 Å². The minimum absolute atomic E-state index is 0. The quantitative estimate of drug-likeness (QED) is 0.671. The van der Waals surface area contributed by atoms with Crippen LogP contribution in [0.15, 0.2) is 24.3 Å². The predicted molar refractivity (Wildman–Crippen MR) is 59.6 cm³/mol. The number of rotatable bonds is 4. The van der Waals surface area contributed by atoms with E-state index >= 15 is 0 Å². The molecule has 0 bridgehead atoms. The fraction of sp³-hybridized carbons (Fsp3) is 0.455. The van der Waals surface area contributed by atoms with Crippen LogP contribution in [-0.2, 0) is 4.74 Å². The van der Waals surface area contributed by atoms with Crippen molar-refractivity contribution in [3.63, 3.8) is 0 Å². The first-order valence-corrected chi connectivity index (χ1v) is 5.56. The van der Waals surface area contributed by atoms with Crippen LogP contribution in [-0.4, -0.2) is 26.8 Å². The minimum atomic E-state index is -4.92. The molecule has 1 aromatic carbocycles. The summed E-state index contributed by atoms with van der Waals surface area (Å²) >= 11 is 0.